The molecule has 16 heavy (non-hydrogen) atoms. The van der Waals surface area contributed by atoms with Gasteiger partial charge in [0.1, 0.15) is 6.61 Å². The predicted octanol–water partition coefficient (Wildman–Crippen LogP) is 2.60. The van der Waals surface area contributed by atoms with Crippen molar-refractivity contribution in [3.05, 3.63) is 22.9 Å². The fourth-order valence-corrected chi connectivity index (χ4v) is 1.29. The third-order valence-electron chi connectivity index (χ3n) is 1.68. The first-order valence-corrected chi connectivity index (χ1v) is 5.71. The van der Waals surface area contributed by atoms with Crippen molar-refractivity contribution in [2.45, 2.75) is 26.4 Å². The Hall–Kier alpha value is -0.940. The van der Waals surface area contributed by atoms with E-state index in [-0.39, 0.29) is 18.1 Å². The van der Waals surface area contributed by atoms with E-state index in [9.17, 15) is 4.79 Å². The van der Waals surface area contributed by atoms with Gasteiger partial charge >= 0.3 is 0 Å². The summed E-state index contributed by atoms with van der Waals surface area (Å²) in [6.07, 6.45) is 3.24. The van der Waals surface area contributed by atoms with Crippen molar-refractivity contribution in [3.8, 4) is 0 Å². The number of anilines is 1. The molecule has 0 radical (unpaired) electrons. The predicted molar refractivity (Wildman–Crippen MR) is 66.3 cm³/mol. The van der Waals surface area contributed by atoms with Crippen molar-refractivity contribution < 1.29 is 9.53 Å². The molecule has 0 unspecified atom stereocenters. The Bertz CT molecular complexity index is 374. The van der Waals surface area contributed by atoms with Crippen LogP contribution in [0.2, 0.25) is 0 Å². The van der Waals surface area contributed by atoms with E-state index in [1.807, 2.05) is 20.8 Å². The van der Waals surface area contributed by atoms with Crippen LogP contribution < -0.4 is 5.32 Å². The summed E-state index contributed by atoms with van der Waals surface area (Å²) in [5, 5.41) is 2.73. The lowest BCUT2D eigenvalue weighted by molar-refractivity contribution is -0.125. The minimum absolute atomic E-state index is 0.0399. The Labute approximate surface area is 104 Å². The second kappa shape index (κ2) is 5.41. The second-order valence-corrected chi connectivity index (χ2v) is 5.16. The molecular formula is C11H15BrN2O2. The molecule has 0 fully saturated rings. The van der Waals surface area contributed by atoms with Crippen LogP contribution in [0.4, 0.5) is 5.69 Å². The number of amides is 1. The molecular weight excluding hydrogens is 272 g/mol. The fraction of sp³-hybridized carbons (Fsp3) is 0.455. The molecule has 5 heteroatoms. The van der Waals surface area contributed by atoms with Crippen molar-refractivity contribution in [2.75, 3.05) is 11.9 Å². The number of hydrogen-bond donors (Lipinski definition) is 1. The van der Waals surface area contributed by atoms with Gasteiger partial charge in [0, 0.05) is 12.4 Å². The van der Waals surface area contributed by atoms with E-state index in [1.54, 1.807) is 18.5 Å². The molecule has 1 aromatic heterocycles. The molecule has 0 atom stereocenters. The third-order valence-corrected chi connectivity index (χ3v) is 2.31. The lowest BCUT2D eigenvalue weighted by Gasteiger charge is -2.19. The smallest absolute Gasteiger partial charge is 0.250 e. The monoisotopic (exact) mass is 286 g/mol. The molecule has 1 amide bonds. The summed E-state index contributed by atoms with van der Waals surface area (Å²) in [4.78, 5) is 15.4. The molecule has 0 aliphatic heterocycles. The number of nitrogens with one attached hydrogen (secondary N) is 1. The molecule has 0 bridgehead atoms. The van der Waals surface area contributed by atoms with E-state index in [2.05, 4.69) is 26.2 Å². The average Bonchev–Trinajstić information content (AvgIpc) is 2.18. The van der Waals surface area contributed by atoms with Gasteiger partial charge in [-0.3, -0.25) is 9.78 Å². The quantitative estimate of drug-likeness (QED) is 0.929. The van der Waals surface area contributed by atoms with Crippen molar-refractivity contribution >= 4 is 27.5 Å². The number of aromatic nitrogens is 1. The molecule has 0 aromatic carbocycles. The number of rotatable bonds is 3. The molecule has 4 nitrogen and oxygen atoms in total. The molecule has 1 aromatic rings. The van der Waals surface area contributed by atoms with Gasteiger partial charge in [-0.25, -0.2) is 0 Å². The number of ether oxygens (including phenoxy) is 1. The van der Waals surface area contributed by atoms with Crippen molar-refractivity contribution in [3.63, 3.8) is 0 Å². The lowest BCUT2D eigenvalue weighted by atomic mass is 10.2. The highest BCUT2D eigenvalue weighted by atomic mass is 79.9. The molecule has 1 N–H and O–H groups in total. The van der Waals surface area contributed by atoms with E-state index in [1.165, 1.54) is 0 Å². The van der Waals surface area contributed by atoms with Crippen molar-refractivity contribution in [2.24, 2.45) is 0 Å². The van der Waals surface area contributed by atoms with Crippen LogP contribution in [0.25, 0.3) is 0 Å². The van der Waals surface area contributed by atoms with Gasteiger partial charge in [-0.2, -0.15) is 0 Å². The summed E-state index contributed by atoms with van der Waals surface area (Å²) in [5.74, 6) is -0.179. The SMILES string of the molecule is CC(C)(C)OCC(=O)Nc1ccncc1Br. The Morgan fingerprint density at radius 3 is 2.81 bits per heavy atom. The number of carbonyl (C=O) groups is 1. The number of halogens is 1. The summed E-state index contributed by atoms with van der Waals surface area (Å²) >= 11 is 3.30. The van der Waals surface area contributed by atoms with Gasteiger partial charge in [-0.1, -0.05) is 0 Å². The maximum absolute atomic E-state index is 11.5. The topological polar surface area (TPSA) is 51.2 Å². The molecule has 1 rings (SSSR count). The Morgan fingerprint density at radius 2 is 2.25 bits per heavy atom. The summed E-state index contributed by atoms with van der Waals surface area (Å²) in [7, 11) is 0. The van der Waals surface area contributed by atoms with Gasteiger partial charge in [-0.15, -0.1) is 0 Å². The minimum Gasteiger partial charge on any atom is -0.366 e. The van der Waals surface area contributed by atoms with E-state index >= 15 is 0 Å². The van der Waals surface area contributed by atoms with Crippen LogP contribution in [0, 0.1) is 0 Å². The van der Waals surface area contributed by atoms with Crippen LogP contribution in [0.3, 0.4) is 0 Å². The molecule has 0 saturated heterocycles. The second-order valence-electron chi connectivity index (χ2n) is 4.30. The van der Waals surface area contributed by atoms with Gasteiger partial charge in [0.05, 0.1) is 15.8 Å². The Balaban J connectivity index is 2.50. The summed E-state index contributed by atoms with van der Waals surface area (Å²) in [6.45, 7) is 5.76. The fourth-order valence-electron chi connectivity index (χ4n) is 0.945. The first kappa shape index (κ1) is 13.1. The van der Waals surface area contributed by atoms with Crippen LogP contribution in [-0.2, 0) is 9.53 Å². The highest BCUT2D eigenvalue weighted by Crippen LogP contribution is 2.19. The molecule has 0 aliphatic rings. The van der Waals surface area contributed by atoms with Crippen LogP contribution in [0.1, 0.15) is 20.8 Å². The molecule has 88 valence electrons. The van der Waals surface area contributed by atoms with Gasteiger partial charge in [0.2, 0.25) is 5.91 Å². The highest BCUT2D eigenvalue weighted by Gasteiger charge is 2.13. The summed E-state index contributed by atoms with van der Waals surface area (Å²) in [5.41, 5.74) is 0.379. The Morgan fingerprint density at radius 1 is 1.56 bits per heavy atom. The number of hydrogen-bond acceptors (Lipinski definition) is 3. The zero-order valence-electron chi connectivity index (χ0n) is 9.58. The van der Waals surface area contributed by atoms with Gasteiger partial charge < -0.3 is 10.1 Å². The van der Waals surface area contributed by atoms with Gasteiger partial charge in [0.15, 0.2) is 0 Å². The maximum atomic E-state index is 11.5. The van der Waals surface area contributed by atoms with Crippen LogP contribution in [0.5, 0.6) is 0 Å². The van der Waals surface area contributed by atoms with E-state index in [4.69, 9.17) is 4.74 Å². The van der Waals surface area contributed by atoms with E-state index in [0.717, 1.165) is 4.47 Å². The minimum atomic E-state index is -0.313. The number of nitrogens with zero attached hydrogens (tertiary/aromatic N) is 1. The molecule has 0 saturated carbocycles. The van der Waals surface area contributed by atoms with Crippen LogP contribution >= 0.6 is 15.9 Å². The van der Waals surface area contributed by atoms with Crippen molar-refractivity contribution in [1.82, 2.24) is 4.98 Å². The summed E-state index contributed by atoms with van der Waals surface area (Å²) < 4.78 is 6.11. The van der Waals surface area contributed by atoms with Crippen LogP contribution in [0.15, 0.2) is 22.9 Å². The number of carbonyl (C=O) groups excluding carboxylic acids is 1. The Kier molecular flexibility index (Phi) is 4.44. The highest BCUT2D eigenvalue weighted by molar-refractivity contribution is 9.10. The maximum Gasteiger partial charge on any atom is 0.250 e. The molecule has 0 spiro atoms. The first-order valence-electron chi connectivity index (χ1n) is 4.92. The van der Waals surface area contributed by atoms with Gasteiger partial charge in [-0.05, 0) is 42.8 Å². The lowest BCUT2D eigenvalue weighted by Crippen LogP contribution is -2.27. The zero-order chi connectivity index (χ0) is 12.2. The molecule has 1 heterocycles. The molecule has 0 aliphatic carbocycles. The largest absolute Gasteiger partial charge is 0.366 e. The average molecular weight is 287 g/mol. The van der Waals surface area contributed by atoms with Gasteiger partial charge in [0.25, 0.3) is 0 Å². The van der Waals surface area contributed by atoms with E-state index in [0.29, 0.717) is 5.69 Å². The van der Waals surface area contributed by atoms with Crippen LogP contribution in [-0.4, -0.2) is 23.1 Å². The van der Waals surface area contributed by atoms with E-state index < -0.39 is 0 Å². The van der Waals surface area contributed by atoms with Crippen molar-refractivity contribution in [1.29, 1.82) is 0 Å². The zero-order valence-corrected chi connectivity index (χ0v) is 11.2. The third kappa shape index (κ3) is 4.72. The number of pyridine rings is 1. The normalized spacial score (nSPS) is 11.2. The standard InChI is InChI=1S/C11H15BrN2O2/c1-11(2,3)16-7-10(15)14-9-4-5-13-6-8(9)12/h4-6H,7H2,1-3H3,(H,13,14,15). The summed E-state index contributed by atoms with van der Waals surface area (Å²) in [6, 6.07) is 1.72. The first-order chi connectivity index (χ1) is 7.38.